The molecule has 2 aromatic carbocycles. The van der Waals surface area contributed by atoms with Crippen molar-refractivity contribution in [2.24, 2.45) is 0 Å². The number of ether oxygens (including phenoxy) is 1. The molecule has 1 atom stereocenters. The average molecular weight is 318 g/mol. The number of hydrogen-bond acceptors (Lipinski definition) is 2. The molecule has 0 heterocycles. The van der Waals surface area contributed by atoms with Crippen LogP contribution >= 0.6 is 11.6 Å². The lowest BCUT2D eigenvalue weighted by molar-refractivity contribution is -0.123. The number of halogens is 1. The first-order valence-corrected chi connectivity index (χ1v) is 7.64. The second-order valence-electron chi connectivity index (χ2n) is 5.31. The van der Waals surface area contributed by atoms with Gasteiger partial charge in [-0.05, 0) is 42.2 Å². The van der Waals surface area contributed by atoms with Crippen LogP contribution in [-0.4, -0.2) is 19.1 Å². The predicted octanol–water partition coefficient (Wildman–Crippen LogP) is 3.95. The minimum Gasteiger partial charge on any atom is -0.484 e. The van der Waals surface area contributed by atoms with Crippen LogP contribution in [0.15, 0.2) is 48.5 Å². The van der Waals surface area contributed by atoms with Crippen LogP contribution in [-0.2, 0) is 4.79 Å². The van der Waals surface area contributed by atoms with E-state index in [2.05, 4.69) is 24.4 Å². The monoisotopic (exact) mass is 317 g/mol. The van der Waals surface area contributed by atoms with Gasteiger partial charge in [0.05, 0.1) is 0 Å². The molecule has 0 aliphatic heterocycles. The fraction of sp³-hybridized carbons (Fsp3) is 0.278. The molecule has 2 rings (SSSR count). The summed E-state index contributed by atoms with van der Waals surface area (Å²) in [7, 11) is 0. The molecule has 0 radical (unpaired) electrons. The van der Waals surface area contributed by atoms with E-state index in [4.69, 9.17) is 16.3 Å². The molecule has 1 N–H and O–H groups in total. The Morgan fingerprint density at radius 3 is 2.64 bits per heavy atom. The Morgan fingerprint density at radius 2 is 1.95 bits per heavy atom. The highest BCUT2D eigenvalue weighted by Gasteiger charge is 2.09. The summed E-state index contributed by atoms with van der Waals surface area (Å²) in [6, 6.07) is 15.4. The average Bonchev–Trinajstić information content (AvgIpc) is 2.52. The third kappa shape index (κ3) is 4.78. The van der Waals surface area contributed by atoms with Crippen LogP contribution in [0.3, 0.4) is 0 Å². The largest absolute Gasteiger partial charge is 0.484 e. The molecule has 0 aromatic heterocycles. The van der Waals surface area contributed by atoms with E-state index in [1.807, 2.05) is 31.2 Å². The van der Waals surface area contributed by atoms with E-state index >= 15 is 0 Å². The first kappa shape index (κ1) is 16.4. The zero-order valence-corrected chi connectivity index (χ0v) is 13.6. The number of hydrogen-bond donors (Lipinski definition) is 1. The van der Waals surface area contributed by atoms with E-state index in [0.717, 1.165) is 5.56 Å². The van der Waals surface area contributed by atoms with Crippen molar-refractivity contribution in [3.8, 4) is 5.75 Å². The minimum absolute atomic E-state index is 0.00395. The van der Waals surface area contributed by atoms with Gasteiger partial charge < -0.3 is 10.1 Å². The van der Waals surface area contributed by atoms with Gasteiger partial charge in [-0.1, -0.05) is 48.9 Å². The highest BCUT2D eigenvalue weighted by molar-refractivity contribution is 6.30. The molecule has 3 nitrogen and oxygen atoms in total. The van der Waals surface area contributed by atoms with Gasteiger partial charge in [-0.15, -0.1) is 0 Å². The number of nitrogens with one attached hydrogen (secondary N) is 1. The zero-order valence-electron chi connectivity index (χ0n) is 12.8. The summed E-state index contributed by atoms with van der Waals surface area (Å²) >= 11 is 5.89. The van der Waals surface area contributed by atoms with Crippen LogP contribution in [0.1, 0.15) is 24.0 Å². The van der Waals surface area contributed by atoms with Crippen molar-refractivity contribution in [1.29, 1.82) is 0 Å². The molecule has 0 spiro atoms. The standard InChI is InChI=1S/C18H20ClNO2/c1-13-10-16(19)8-9-17(13)22-12-18(21)20-11-14(2)15-6-4-3-5-7-15/h3-10,14H,11-12H2,1-2H3,(H,20,21)/t14-/m1/s1. The Balaban J connectivity index is 1.78. The predicted molar refractivity (Wildman–Crippen MR) is 89.6 cm³/mol. The molecule has 0 bridgehead atoms. The van der Waals surface area contributed by atoms with E-state index < -0.39 is 0 Å². The van der Waals surface area contributed by atoms with Crippen LogP contribution in [0.2, 0.25) is 5.02 Å². The Morgan fingerprint density at radius 1 is 1.23 bits per heavy atom. The van der Waals surface area contributed by atoms with Crippen molar-refractivity contribution in [3.05, 3.63) is 64.7 Å². The normalized spacial score (nSPS) is 11.8. The van der Waals surface area contributed by atoms with Crippen LogP contribution < -0.4 is 10.1 Å². The van der Waals surface area contributed by atoms with E-state index in [9.17, 15) is 4.79 Å². The number of carbonyl (C=O) groups excluding carboxylic acids is 1. The lowest BCUT2D eigenvalue weighted by Gasteiger charge is -2.14. The quantitative estimate of drug-likeness (QED) is 0.876. The Labute approximate surface area is 136 Å². The van der Waals surface area contributed by atoms with Gasteiger partial charge in [0.2, 0.25) is 0 Å². The SMILES string of the molecule is Cc1cc(Cl)ccc1OCC(=O)NC[C@@H](C)c1ccccc1. The highest BCUT2D eigenvalue weighted by Crippen LogP contribution is 2.21. The first-order chi connectivity index (χ1) is 10.6. The maximum Gasteiger partial charge on any atom is 0.257 e. The van der Waals surface area contributed by atoms with Crippen molar-refractivity contribution in [3.63, 3.8) is 0 Å². The fourth-order valence-corrected chi connectivity index (χ4v) is 2.36. The maximum atomic E-state index is 11.9. The second kappa shape index (κ2) is 7.85. The molecule has 116 valence electrons. The lowest BCUT2D eigenvalue weighted by atomic mass is 10.0. The van der Waals surface area contributed by atoms with Crippen LogP contribution in [0.25, 0.3) is 0 Å². The summed E-state index contributed by atoms with van der Waals surface area (Å²) in [6.07, 6.45) is 0. The molecule has 0 aliphatic rings. The van der Waals surface area contributed by atoms with Crippen molar-refractivity contribution < 1.29 is 9.53 Å². The van der Waals surface area contributed by atoms with Gasteiger partial charge in [0, 0.05) is 11.6 Å². The lowest BCUT2D eigenvalue weighted by Crippen LogP contribution is -2.31. The number of amides is 1. The molecule has 0 unspecified atom stereocenters. The molecule has 0 saturated heterocycles. The van der Waals surface area contributed by atoms with Gasteiger partial charge in [-0.25, -0.2) is 0 Å². The molecule has 2 aromatic rings. The molecule has 0 saturated carbocycles. The van der Waals surface area contributed by atoms with Gasteiger partial charge in [-0.2, -0.15) is 0 Å². The molecular weight excluding hydrogens is 298 g/mol. The highest BCUT2D eigenvalue weighted by atomic mass is 35.5. The van der Waals surface area contributed by atoms with Gasteiger partial charge in [0.1, 0.15) is 5.75 Å². The minimum atomic E-state index is -0.128. The first-order valence-electron chi connectivity index (χ1n) is 7.27. The van der Waals surface area contributed by atoms with Crippen LogP contribution in [0, 0.1) is 6.92 Å². The van der Waals surface area contributed by atoms with Gasteiger partial charge in [0.15, 0.2) is 6.61 Å². The third-order valence-electron chi connectivity index (χ3n) is 3.47. The van der Waals surface area contributed by atoms with E-state index in [1.54, 1.807) is 12.1 Å². The third-order valence-corrected chi connectivity index (χ3v) is 3.70. The zero-order chi connectivity index (χ0) is 15.9. The van der Waals surface area contributed by atoms with Crippen LogP contribution in [0.5, 0.6) is 5.75 Å². The molecule has 0 aliphatic carbocycles. The second-order valence-corrected chi connectivity index (χ2v) is 5.75. The summed E-state index contributed by atoms with van der Waals surface area (Å²) in [5.74, 6) is 0.815. The van der Waals surface area contributed by atoms with E-state index in [1.165, 1.54) is 5.56 Å². The topological polar surface area (TPSA) is 38.3 Å². The van der Waals surface area contributed by atoms with Gasteiger partial charge >= 0.3 is 0 Å². The Kier molecular flexibility index (Phi) is 5.84. The van der Waals surface area contributed by atoms with Crippen molar-refractivity contribution >= 4 is 17.5 Å². The smallest absolute Gasteiger partial charge is 0.257 e. The molecule has 0 fully saturated rings. The summed E-state index contributed by atoms with van der Waals surface area (Å²) < 4.78 is 5.52. The summed E-state index contributed by atoms with van der Waals surface area (Å²) in [6.45, 7) is 4.58. The van der Waals surface area contributed by atoms with Crippen LogP contribution in [0.4, 0.5) is 0 Å². The molecular formula is C18H20ClNO2. The summed E-state index contributed by atoms with van der Waals surface area (Å²) in [5, 5.41) is 3.55. The maximum absolute atomic E-state index is 11.9. The number of carbonyl (C=O) groups is 1. The number of benzene rings is 2. The van der Waals surface area contributed by atoms with Crippen molar-refractivity contribution in [2.75, 3.05) is 13.2 Å². The molecule has 4 heteroatoms. The molecule has 22 heavy (non-hydrogen) atoms. The van der Waals surface area contributed by atoms with Crippen molar-refractivity contribution in [1.82, 2.24) is 5.32 Å². The summed E-state index contributed by atoms with van der Waals surface area (Å²) in [5.41, 5.74) is 2.12. The van der Waals surface area contributed by atoms with E-state index in [0.29, 0.717) is 17.3 Å². The summed E-state index contributed by atoms with van der Waals surface area (Å²) in [4.78, 5) is 11.9. The number of aryl methyl sites for hydroxylation is 1. The Bertz CT molecular complexity index is 628. The van der Waals surface area contributed by atoms with Crippen molar-refractivity contribution in [2.45, 2.75) is 19.8 Å². The molecule has 1 amide bonds. The Hall–Kier alpha value is -2.00. The van der Waals surface area contributed by atoms with Gasteiger partial charge in [0.25, 0.3) is 5.91 Å². The van der Waals surface area contributed by atoms with Gasteiger partial charge in [-0.3, -0.25) is 4.79 Å². The van der Waals surface area contributed by atoms with E-state index in [-0.39, 0.29) is 18.4 Å². The number of rotatable bonds is 6. The fourth-order valence-electron chi connectivity index (χ4n) is 2.14.